The molecule has 0 aromatic heterocycles. The highest BCUT2D eigenvalue weighted by Crippen LogP contribution is 2.06. The number of carbonyl (C=O) groups is 3. The van der Waals surface area contributed by atoms with Crippen molar-refractivity contribution in [2.45, 2.75) is 59.2 Å². The Hall–Kier alpha value is -2.21. The lowest BCUT2D eigenvalue weighted by atomic mass is 10.1. The van der Waals surface area contributed by atoms with Crippen LogP contribution in [0.1, 0.15) is 46.1 Å². The number of ether oxygens (including phenoxy) is 1. The third-order valence-corrected chi connectivity index (χ3v) is 3.63. The quantitative estimate of drug-likeness (QED) is 0.466. The highest BCUT2D eigenvalue weighted by molar-refractivity contribution is 6.35. The van der Waals surface area contributed by atoms with E-state index in [1.807, 2.05) is 58.0 Å². The third kappa shape index (κ3) is 8.76. The molecule has 0 aliphatic carbocycles. The summed E-state index contributed by atoms with van der Waals surface area (Å²) in [5.41, 5.74) is 0.815. The van der Waals surface area contributed by atoms with Crippen LogP contribution >= 0.6 is 0 Å². The molecule has 0 spiro atoms. The summed E-state index contributed by atoms with van der Waals surface area (Å²) in [4.78, 5) is 36.4. The fourth-order valence-electron chi connectivity index (χ4n) is 2.31. The number of hydrogen-bond donors (Lipinski definition) is 2. The van der Waals surface area contributed by atoms with Crippen LogP contribution in [-0.2, 0) is 25.7 Å². The Morgan fingerprint density at radius 1 is 1.04 bits per heavy atom. The van der Waals surface area contributed by atoms with E-state index in [2.05, 4.69) is 10.6 Å². The maximum atomic E-state index is 12.4. The van der Waals surface area contributed by atoms with Crippen LogP contribution < -0.4 is 10.6 Å². The van der Waals surface area contributed by atoms with Gasteiger partial charge in [-0.15, -0.1) is 0 Å². The molecule has 1 atom stereocenters. The Morgan fingerprint density at radius 3 is 2.27 bits per heavy atom. The predicted molar refractivity (Wildman–Crippen MR) is 100 cm³/mol. The first-order valence-electron chi connectivity index (χ1n) is 9.07. The van der Waals surface area contributed by atoms with E-state index in [1.54, 1.807) is 0 Å². The van der Waals surface area contributed by atoms with E-state index in [9.17, 15) is 14.4 Å². The molecular formula is C20H30N2O4. The van der Waals surface area contributed by atoms with Gasteiger partial charge < -0.3 is 15.4 Å². The van der Waals surface area contributed by atoms with E-state index in [0.29, 0.717) is 12.5 Å². The van der Waals surface area contributed by atoms with Gasteiger partial charge >= 0.3 is 5.97 Å². The smallest absolute Gasteiger partial charge is 0.376 e. The standard InChI is InChI=1S/C20H30N2O4/c1-14(2)12-21-18(23)11-10-17(22-15(3)4)19(24)20(25)26-13-16-8-6-5-7-9-16/h5-9,14-15,17,22H,10-13H2,1-4H3,(H,21,23)/t17-/m0/s1. The van der Waals surface area contributed by atoms with Gasteiger partial charge in [0.05, 0.1) is 6.04 Å². The average molecular weight is 362 g/mol. The Morgan fingerprint density at radius 2 is 1.69 bits per heavy atom. The molecular weight excluding hydrogens is 332 g/mol. The highest BCUT2D eigenvalue weighted by atomic mass is 16.5. The monoisotopic (exact) mass is 362 g/mol. The van der Waals surface area contributed by atoms with Crippen molar-refractivity contribution in [2.75, 3.05) is 6.54 Å². The van der Waals surface area contributed by atoms with Crippen molar-refractivity contribution >= 4 is 17.7 Å². The molecule has 0 radical (unpaired) electrons. The normalized spacial score (nSPS) is 12.1. The lowest BCUT2D eigenvalue weighted by Gasteiger charge is -2.19. The van der Waals surface area contributed by atoms with E-state index in [-0.39, 0.29) is 31.4 Å². The number of hydrogen-bond acceptors (Lipinski definition) is 5. The summed E-state index contributed by atoms with van der Waals surface area (Å²) in [6, 6.07) is 8.45. The van der Waals surface area contributed by atoms with E-state index >= 15 is 0 Å². The Kier molecular flexibility index (Phi) is 9.58. The second kappa shape index (κ2) is 11.4. The lowest BCUT2D eigenvalue weighted by Crippen LogP contribution is -2.45. The van der Waals surface area contributed by atoms with E-state index in [1.165, 1.54) is 0 Å². The molecule has 0 saturated heterocycles. The van der Waals surface area contributed by atoms with Crippen molar-refractivity contribution in [3.05, 3.63) is 35.9 Å². The zero-order valence-electron chi connectivity index (χ0n) is 16.1. The fourth-order valence-corrected chi connectivity index (χ4v) is 2.31. The Bertz CT molecular complexity index is 585. The highest BCUT2D eigenvalue weighted by Gasteiger charge is 2.27. The second-order valence-electron chi connectivity index (χ2n) is 7.04. The molecule has 26 heavy (non-hydrogen) atoms. The molecule has 0 saturated carbocycles. The van der Waals surface area contributed by atoms with Crippen LogP contribution in [0.2, 0.25) is 0 Å². The van der Waals surface area contributed by atoms with Gasteiger partial charge in [-0.05, 0) is 17.9 Å². The molecule has 0 heterocycles. The molecule has 0 fully saturated rings. The molecule has 1 aromatic rings. The number of carbonyl (C=O) groups excluding carboxylic acids is 3. The largest absolute Gasteiger partial charge is 0.455 e. The number of esters is 1. The van der Waals surface area contributed by atoms with Crippen molar-refractivity contribution in [2.24, 2.45) is 5.92 Å². The van der Waals surface area contributed by atoms with Crippen LogP contribution in [0.15, 0.2) is 30.3 Å². The van der Waals surface area contributed by atoms with Crippen LogP contribution in [0.4, 0.5) is 0 Å². The molecule has 2 N–H and O–H groups in total. The van der Waals surface area contributed by atoms with Gasteiger partial charge in [0, 0.05) is 19.0 Å². The summed E-state index contributed by atoms with van der Waals surface area (Å²) in [6.07, 6.45) is 0.427. The minimum absolute atomic E-state index is 0.00426. The zero-order chi connectivity index (χ0) is 19.5. The van der Waals surface area contributed by atoms with Crippen molar-refractivity contribution < 1.29 is 19.1 Å². The number of ketones is 1. The SMILES string of the molecule is CC(C)CNC(=O)CC[C@H](NC(C)C)C(=O)C(=O)OCc1ccccc1. The van der Waals surface area contributed by atoms with Gasteiger partial charge in [-0.1, -0.05) is 58.0 Å². The first-order valence-corrected chi connectivity index (χ1v) is 9.07. The number of rotatable bonds is 11. The average Bonchev–Trinajstić information content (AvgIpc) is 2.61. The van der Waals surface area contributed by atoms with Crippen LogP contribution in [0.5, 0.6) is 0 Å². The maximum absolute atomic E-state index is 12.4. The van der Waals surface area contributed by atoms with Gasteiger partial charge in [-0.2, -0.15) is 0 Å². The molecule has 0 aliphatic heterocycles. The van der Waals surface area contributed by atoms with Crippen LogP contribution in [0, 0.1) is 5.92 Å². The summed E-state index contributed by atoms with van der Waals surface area (Å²) in [5, 5.41) is 5.86. The van der Waals surface area contributed by atoms with Crippen molar-refractivity contribution in [1.82, 2.24) is 10.6 Å². The molecule has 1 amide bonds. The predicted octanol–water partition coefficient (Wildman–Crippen LogP) is 2.22. The van der Waals surface area contributed by atoms with Crippen LogP contribution in [-0.4, -0.2) is 36.3 Å². The zero-order valence-corrected chi connectivity index (χ0v) is 16.1. The topological polar surface area (TPSA) is 84.5 Å². The van der Waals surface area contributed by atoms with Gasteiger partial charge in [-0.25, -0.2) is 4.79 Å². The van der Waals surface area contributed by atoms with Gasteiger partial charge in [0.25, 0.3) is 5.78 Å². The molecule has 0 bridgehead atoms. The lowest BCUT2D eigenvalue weighted by molar-refractivity contribution is -0.156. The van der Waals surface area contributed by atoms with Gasteiger partial charge in [-0.3, -0.25) is 9.59 Å². The molecule has 0 unspecified atom stereocenters. The van der Waals surface area contributed by atoms with E-state index < -0.39 is 17.8 Å². The third-order valence-electron chi connectivity index (χ3n) is 3.63. The van der Waals surface area contributed by atoms with Crippen LogP contribution in [0.25, 0.3) is 0 Å². The summed E-state index contributed by atoms with van der Waals surface area (Å²) in [7, 11) is 0. The summed E-state index contributed by atoms with van der Waals surface area (Å²) < 4.78 is 5.11. The van der Waals surface area contributed by atoms with Gasteiger partial charge in [0.1, 0.15) is 6.61 Å². The summed E-state index contributed by atoms with van der Waals surface area (Å²) >= 11 is 0. The Labute approximate surface area is 155 Å². The maximum Gasteiger partial charge on any atom is 0.376 e. The summed E-state index contributed by atoms with van der Waals surface area (Å²) in [6.45, 7) is 8.43. The molecule has 1 rings (SSSR count). The van der Waals surface area contributed by atoms with Crippen molar-refractivity contribution in [1.29, 1.82) is 0 Å². The number of Topliss-reactive ketones (excluding diaryl/α,β-unsaturated/α-hetero) is 1. The van der Waals surface area contributed by atoms with Crippen molar-refractivity contribution in [3.63, 3.8) is 0 Å². The van der Waals surface area contributed by atoms with Gasteiger partial charge in [0.15, 0.2) is 0 Å². The first-order chi connectivity index (χ1) is 12.3. The molecule has 144 valence electrons. The fraction of sp³-hybridized carbons (Fsp3) is 0.550. The Balaban J connectivity index is 2.55. The number of benzene rings is 1. The van der Waals surface area contributed by atoms with E-state index in [4.69, 9.17) is 4.74 Å². The minimum Gasteiger partial charge on any atom is -0.455 e. The number of amides is 1. The molecule has 0 aliphatic rings. The van der Waals surface area contributed by atoms with Crippen LogP contribution in [0.3, 0.4) is 0 Å². The number of nitrogens with one attached hydrogen (secondary N) is 2. The first kappa shape index (κ1) is 21.8. The van der Waals surface area contributed by atoms with E-state index in [0.717, 1.165) is 5.56 Å². The molecule has 6 nitrogen and oxygen atoms in total. The minimum atomic E-state index is -0.880. The molecule has 1 aromatic carbocycles. The molecule has 6 heteroatoms. The van der Waals surface area contributed by atoms with Gasteiger partial charge in [0.2, 0.25) is 5.91 Å². The van der Waals surface area contributed by atoms with Crippen molar-refractivity contribution in [3.8, 4) is 0 Å². The second-order valence-corrected chi connectivity index (χ2v) is 7.04. The summed E-state index contributed by atoms with van der Waals surface area (Å²) in [5.74, 6) is -1.29.